The van der Waals surface area contributed by atoms with Gasteiger partial charge in [0.15, 0.2) is 9.84 Å². The van der Waals surface area contributed by atoms with E-state index in [-0.39, 0.29) is 28.6 Å². The number of aromatic hydroxyl groups is 1. The Morgan fingerprint density at radius 1 is 1.00 bits per heavy atom. The number of sulfone groups is 1. The van der Waals surface area contributed by atoms with Crippen molar-refractivity contribution in [3.05, 3.63) is 96.8 Å². The molecular weight excluding hydrogens is 548 g/mol. The van der Waals surface area contributed by atoms with Crippen LogP contribution in [0.4, 0.5) is 0 Å². The van der Waals surface area contributed by atoms with Crippen LogP contribution in [-0.2, 0) is 26.3 Å². The molecule has 0 aliphatic carbocycles. The molecule has 9 nitrogen and oxygen atoms in total. The zero-order valence-electron chi connectivity index (χ0n) is 22.1. The highest BCUT2D eigenvalue weighted by Crippen LogP contribution is 2.28. The largest absolute Gasteiger partial charge is 0.508 e. The normalized spacial score (nSPS) is 17.7. The molecule has 0 bridgehead atoms. The Hall–Kier alpha value is -3.35. The standard InChI is InChI=1S/C29H32N4O5S2/c1-32(40(37,38)28-9-5-6-23-19-30-15-14-27(23)28)24(18-22-10-12-25(34)13-11-22)21-33-17-16-31-20-29(33)39(35,36)26-7-3-2-4-8-26/h2-15,19,24,29,31,34H,16-18,20-21H2,1H3. The van der Waals surface area contributed by atoms with E-state index in [0.717, 1.165) is 5.56 Å². The second kappa shape index (κ2) is 11.6. The zero-order chi connectivity index (χ0) is 28.3. The molecule has 4 aromatic rings. The lowest BCUT2D eigenvalue weighted by atomic mass is 10.0. The third-order valence-corrected chi connectivity index (χ3v) is 11.5. The molecule has 0 radical (unpaired) electrons. The molecule has 2 unspecified atom stereocenters. The van der Waals surface area contributed by atoms with Crippen LogP contribution in [0.2, 0.25) is 0 Å². The molecule has 1 aliphatic heterocycles. The predicted molar refractivity (Wildman–Crippen MR) is 154 cm³/mol. The van der Waals surface area contributed by atoms with Crippen molar-refractivity contribution >= 4 is 30.6 Å². The van der Waals surface area contributed by atoms with E-state index in [9.17, 15) is 21.9 Å². The quantitative estimate of drug-likeness (QED) is 0.310. The van der Waals surface area contributed by atoms with E-state index in [1.54, 1.807) is 92.2 Å². The first kappa shape index (κ1) is 28.2. The van der Waals surface area contributed by atoms with Crippen LogP contribution >= 0.6 is 0 Å². The Morgan fingerprint density at radius 2 is 1.75 bits per heavy atom. The fourth-order valence-corrected chi connectivity index (χ4v) is 8.49. The molecule has 1 aliphatic rings. The summed E-state index contributed by atoms with van der Waals surface area (Å²) in [5.41, 5.74) is 0.824. The van der Waals surface area contributed by atoms with Crippen LogP contribution in [0.5, 0.6) is 5.75 Å². The van der Waals surface area contributed by atoms with Gasteiger partial charge in [0.1, 0.15) is 11.1 Å². The molecule has 0 spiro atoms. The molecule has 2 N–H and O–H groups in total. The number of hydrogen-bond donors (Lipinski definition) is 2. The molecule has 5 rings (SSSR count). The average Bonchev–Trinajstić information content (AvgIpc) is 2.98. The number of nitrogens with zero attached hydrogens (tertiary/aromatic N) is 3. The second-order valence-corrected chi connectivity index (χ2v) is 14.0. The molecule has 3 aromatic carbocycles. The molecule has 0 amide bonds. The summed E-state index contributed by atoms with van der Waals surface area (Å²) in [6.45, 7) is 1.45. The van der Waals surface area contributed by atoms with Gasteiger partial charge < -0.3 is 10.4 Å². The highest BCUT2D eigenvalue weighted by molar-refractivity contribution is 7.92. The monoisotopic (exact) mass is 580 g/mol. The van der Waals surface area contributed by atoms with Crippen LogP contribution in [0, 0.1) is 0 Å². The number of hydrogen-bond acceptors (Lipinski definition) is 8. The van der Waals surface area contributed by atoms with Gasteiger partial charge >= 0.3 is 0 Å². The fraction of sp³-hybridized carbons (Fsp3) is 0.276. The summed E-state index contributed by atoms with van der Waals surface area (Å²) >= 11 is 0. The van der Waals surface area contributed by atoms with Crippen molar-refractivity contribution in [1.29, 1.82) is 0 Å². The van der Waals surface area contributed by atoms with E-state index in [1.807, 2.05) is 11.0 Å². The first-order chi connectivity index (χ1) is 19.2. The molecule has 1 saturated heterocycles. The van der Waals surface area contributed by atoms with Crippen molar-refractivity contribution in [3.8, 4) is 5.75 Å². The van der Waals surface area contributed by atoms with E-state index in [4.69, 9.17) is 0 Å². The molecule has 0 saturated carbocycles. The number of rotatable bonds is 9. The van der Waals surface area contributed by atoms with Gasteiger partial charge in [0.05, 0.1) is 9.79 Å². The maximum atomic E-state index is 14.1. The fourth-order valence-electron chi connectivity index (χ4n) is 5.16. The summed E-state index contributed by atoms with van der Waals surface area (Å²) in [5, 5.41) is 13.4. The van der Waals surface area contributed by atoms with Gasteiger partial charge in [-0.15, -0.1) is 0 Å². The average molecular weight is 581 g/mol. The van der Waals surface area contributed by atoms with Crippen LogP contribution in [0.1, 0.15) is 5.56 Å². The number of nitrogens with one attached hydrogen (secondary N) is 1. The van der Waals surface area contributed by atoms with Crippen molar-refractivity contribution in [2.24, 2.45) is 0 Å². The Labute approximate surface area is 235 Å². The lowest BCUT2D eigenvalue weighted by Gasteiger charge is -2.39. The van der Waals surface area contributed by atoms with Gasteiger partial charge in [-0.25, -0.2) is 16.8 Å². The molecule has 210 valence electrons. The summed E-state index contributed by atoms with van der Waals surface area (Å²) in [7, 11) is -6.16. The molecule has 40 heavy (non-hydrogen) atoms. The minimum Gasteiger partial charge on any atom is -0.508 e. The van der Waals surface area contributed by atoms with Gasteiger partial charge in [-0.3, -0.25) is 9.88 Å². The van der Waals surface area contributed by atoms with Gasteiger partial charge in [0.2, 0.25) is 10.0 Å². The zero-order valence-corrected chi connectivity index (χ0v) is 23.7. The van der Waals surface area contributed by atoms with Crippen molar-refractivity contribution in [2.75, 3.05) is 33.2 Å². The number of likely N-dealkylation sites (N-methyl/N-ethyl adjacent to an activating group) is 1. The number of benzene rings is 3. The highest BCUT2D eigenvalue weighted by atomic mass is 32.2. The van der Waals surface area contributed by atoms with Gasteiger partial charge in [0.25, 0.3) is 0 Å². The molecule has 1 fully saturated rings. The number of fused-ring (bicyclic) bond motifs is 1. The summed E-state index contributed by atoms with van der Waals surface area (Å²) in [5.74, 6) is 0.113. The minimum atomic E-state index is -3.98. The maximum Gasteiger partial charge on any atom is 0.243 e. The van der Waals surface area contributed by atoms with Crippen molar-refractivity contribution < 1.29 is 21.9 Å². The minimum absolute atomic E-state index is 0.113. The van der Waals surface area contributed by atoms with Gasteiger partial charge in [-0.1, -0.05) is 42.5 Å². The van der Waals surface area contributed by atoms with Crippen molar-refractivity contribution in [1.82, 2.24) is 19.5 Å². The predicted octanol–water partition coefficient (Wildman–Crippen LogP) is 2.88. The van der Waals surface area contributed by atoms with E-state index in [1.165, 1.54) is 4.31 Å². The van der Waals surface area contributed by atoms with Gasteiger partial charge in [0, 0.05) is 62.4 Å². The van der Waals surface area contributed by atoms with Gasteiger partial charge in [-0.2, -0.15) is 4.31 Å². The van der Waals surface area contributed by atoms with E-state index in [0.29, 0.717) is 30.3 Å². The maximum absolute atomic E-state index is 14.1. The number of phenols is 1. The first-order valence-corrected chi connectivity index (χ1v) is 16.0. The Kier molecular flexibility index (Phi) is 8.20. The number of aromatic nitrogens is 1. The lowest BCUT2D eigenvalue weighted by Crippen LogP contribution is -2.58. The third-order valence-electron chi connectivity index (χ3n) is 7.40. The van der Waals surface area contributed by atoms with Crippen LogP contribution < -0.4 is 5.32 Å². The molecular formula is C29H32N4O5S2. The summed E-state index contributed by atoms with van der Waals surface area (Å²) in [6.07, 6.45) is 3.52. The summed E-state index contributed by atoms with van der Waals surface area (Å²) < 4.78 is 56.9. The molecule has 1 aromatic heterocycles. The molecule has 11 heteroatoms. The van der Waals surface area contributed by atoms with E-state index >= 15 is 0 Å². The molecule has 2 atom stereocenters. The highest BCUT2D eigenvalue weighted by Gasteiger charge is 2.38. The van der Waals surface area contributed by atoms with Crippen molar-refractivity contribution in [2.45, 2.75) is 27.6 Å². The first-order valence-electron chi connectivity index (χ1n) is 13.0. The number of sulfonamides is 1. The number of piperazine rings is 1. The summed E-state index contributed by atoms with van der Waals surface area (Å²) in [4.78, 5) is 6.38. The number of phenolic OH excluding ortho intramolecular Hbond substituents is 1. The second-order valence-electron chi connectivity index (χ2n) is 9.91. The van der Waals surface area contributed by atoms with Crippen LogP contribution in [0.25, 0.3) is 10.8 Å². The Bertz CT molecular complexity index is 1680. The summed E-state index contributed by atoms with van der Waals surface area (Å²) in [6, 6.07) is 21.1. The van der Waals surface area contributed by atoms with E-state index < -0.39 is 31.3 Å². The SMILES string of the molecule is CN(C(Cc1ccc(O)cc1)CN1CCNCC1S(=O)(=O)c1ccccc1)S(=O)(=O)c1cccc2cnccc12. The third kappa shape index (κ3) is 5.74. The lowest BCUT2D eigenvalue weighted by molar-refractivity contribution is 0.168. The topological polar surface area (TPSA) is 120 Å². The van der Waals surface area contributed by atoms with Crippen LogP contribution in [-0.4, -0.2) is 80.8 Å². The molecule has 2 heterocycles. The Morgan fingerprint density at radius 3 is 2.50 bits per heavy atom. The van der Waals surface area contributed by atoms with Crippen molar-refractivity contribution in [3.63, 3.8) is 0 Å². The van der Waals surface area contributed by atoms with Gasteiger partial charge in [-0.05, 0) is 48.4 Å². The smallest absolute Gasteiger partial charge is 0.243 e. The Balaban J connectivity index is 1.52. The van der Waals surface area contributed by atoms with Crippen LogP contribution in [0.15, 0.2) is 101 Å². The number of pyridine rings is 1. The van der Waals surface area contributed by atoms with E-state index in [2.05, 4.69) is 10.3 Å². The van der Waals surface area contributed by atoms with Crippen LogP contribution in [0.3, 0.4) is 0 Å².